The van der Waals surface area contributed by atoms with Gasteiger partial charge in [0, 0.05) is 51.3 Å². The number of rotatable bonds is 4. The molecule has 0 aliphatic carbocycles. The highest BCUT2D eigenvalue weighted by Crippen LogP contribution is 2.12. The third-order valence-corrected chi connectivity index (χ3v) is 2.98. The Morgan fingerprint density at radius 2 is 2.20 bits per heavy atom. The van der Waals surface area contributed by atoms with Crippen LogP contribution in [0.15, 0.2) is 24.5 Å². The minimum absolute atomic E-state index is 0.105. The van der Waals surface area contributed by atoms with E-state index < -0.39 is 0 Å². The highest BCUT2D eigenvalue weighted by Gasteiger charge is 2.10. The molecule has 6 heteroatoms. The van der Waals surface area contributed by atoms with Crippen LogP contribution in [0.3, 0.4) is 0 Å². The van der Waals surface area contributed by atoms with Crippen molar-refractivity contribution in [3.8, 4) is 0 Å². The van der Waals surface area contributed by atoms with E-state index in [2.05, 4.69) is 15.4 Å². The van der Waals surface area contributed by atoms with Crippen LogP contribution in [-0.2, 0) is 13.6 Å². The number of amides is 1. The fourth-order valence-electron chi connectivity index (χ4n) is 1.91. The first-order valence-corrected chi connectivity index (χ1v) is 6.38. The maximum atomic E-state index is 11.9. The quantitative estimate of drug-likeness (QED) is 0.915. The second-order valence-corrected chi connectivity index (χ2v) is 4.90. The topological polar surface area (TPSA) is 63.1 Å². The second kappa shape index (κ2) is 5.73. The highest BCUT2D eigenvalue weighted by molar-refractivity contribution is 5.92. The Balaban J connectivity index is 2.09. The highest BCUT2D eigenvalue weighted by atomic mass is 16.2. The van der Waals surface area contributed by atoms with Gasteiger partial charge in [-0.05, 0) is 19.1 Å². The van der Waals surface area contributed by atoms with Crippen molar-refractivity contribution in [2.75, 3.05) is 19.4 Å². The molecule has 0 aliphatic heterocycles. The van der Waals surface area contributed by atoms with E-state index in [4.69, 9.17) is 0 Å². The van der Waals surface area contributed by atoms with Gasteiger partial charge in [-0.3, -0.25) is 14.5 Å². The molecule has 20 heavy (non-hydrogen) atoms. The zero-order valence-corrected chi connectivity index (χ0v) is 12.2. The van der Waals surface area contributed by atoms with E-state index in [9.17, 15) is 4.79 Å². The summed E-state index contributed by atoms with van der Waals surface area (Å²) in [6.07, 6.45) is 3.62. The number of aromatic nitrogens is 3. The van der Waals surface area contributed by atoms with E-state index in [-0.39, 0.29) is 5.91 Å². The van der Waals surface area contributed by atoms with E-state index >= 15 is 0 Å². The Hall–Kier alpha value is -2.37. The van der Waals surface area contributed by atoms with Gasteiger partial charge in [-0.15, -0.1) is 0 Å². The Morgan fingerprint density at radius 1 is 1.45 bits per heavy atom. The van der Waals surface area contributed by atoms with Crippen molar-refractivity contribution in [3.63, 3.8) is 0 Å². The summed E-state index contributed by atoms with van der Waals surface area (Å²) in [4.78, 5) is 17.5. The van der Waals surface area contributed by atoms with Crippen LogP contribution >= 0.6 is 0 Å². The SMILES string of the molecule is Cc1nn(C)cc1CNc1ccnc(C(=O)N(C)C)c1. The Morgan fingerprint density at radius 3 is 2.80 bits per heavy atom. The molecule has 2 aromatic rings. The Labute approximate surface area is 118 Å². The molecule has 0 saturated carbocycles. The second-order valence-electron chi connectivity index (χ2n) is 4.90. The molecular weight excluding hydrogens is 254 g/mol. The van der Waals surface area contributed by atoms with Crippen LogP contribution in [-0.4, -0.2) is 39.7 Å². The van der Waals surface area contributed by atoms with E-state index in [1.54, 1.807) is 31.0 Å². The lowest BCUT2D eigenvalue weighted by Gasteiger charge is -2.11. The summed E-state index contributed by atoms with van der Waals surface area (Å²) in [7, 11) is 5.32. The van der Waals surface area contributed by atoms with Crippen LogP contribution in [0.5, 0.6) is 0 Å². The van der Waals surface area contributed by atoms with Crippen molar-refractivity contribution in [3.05, 3.63) is 41.5 Å². The average molecular weight is 273 g/mol. The molecule has 0 bridgehead atoms. The van der Waals surface area contributed by atoms with Crippen molar-refractivity contribution in [1.82, 2.24) is 19.7 Å². The van der Waals surface area contributed by atoms with Gasteiger partial charge in [0.25, 0.3) is 5.91 Å². The van der Waals surface area contributed by atoms with E-state index in [0.717, 1.165) is 16.9 Å². The van der Waals surface area contributed by atoms with Gasteiger partial charge in [-0.1, -0.05) is 0 Å². The summed E-state index contributed by atoms with van der Waals surface area (Å²) < 4.78 is 1.79. The molecule has 0 unspecified atom stereocenters. The van der Waals surface area contributed by atoms with Crippen molar-refractivity contribution in [1.29, 1.82) is 0 Å². The summed E-state index contributed by atoms with van der Waals surface area (Å²) >= 11 is 0. The van der Waals surface area contributed by atoms with E-state index in [1.165, 1.54) is 4.90 Å². The molecule has 106 valence electrons. The van der Waals surface area contributed by atoms with Crippen LogP contribution < -0.4 is 5.32 Å². The van der Waals surface area contributed by atoms with Gasteiger partial charge in [-0.2, -0.15) is 5.10 Å². The molecule has 0 radical (unpaired) electrons. The predicted octanol–water partition coefficient (Wildman–Crippen LogP) is 1.44. The molecule has 0 aromatic carbocycles. The number of nitrogens with zero attached hydrogens (tertiary/aromatic N) is 4. The molecule has 0 aliphatic rings. The van der Waals surface area contributed by atoms with E-state index in [1.807, 2.05) is 26.2 Å². The number of hydrogen-bond donors (Lipinski definition) is 1. The van der Waals surface area contributed by atoms with Gasteiger partial charge in [0.15, 0.2) is 0 Å². The normalized spacial score (nSPS) is 10.4. The molecule has 0 saturated heterocycles. The van der Waals surface area contributed by atoms with Crippen LogP contribution in [0.25, 0.3) is 0 Å². The monoisotopic (exact) mass is 273 g/mol. The molecule has 2 rings (SSSR count). The third-order valence-electron chi connectivity index (χ3n) is 2.98. The van der Waals surface area contributed by atoms with Crippen molar-refractivity contribution in [2.45, 2.75) is 13.5 Å². The van der Waals surface area contributed by atoms with Gasteiger partial charge in [-0.25, -0.2) is 0 Å². The Bertz CT molecular complexity index is 618. The molecule has 0 fully saturated rings. The zero-order chi connectivity index (χ0) is 14.7. The fourth-order valence-corrected chi connectivity index (χ4v) is 1.91. The van der Waals surface area contributed by atoms with Crippen LogP contribution in [0, 0.1) is 6.92 Å². The number of anilines is 1. The summed E-state index contributed by atoms with van der Waals surface area (Å²) in [5.74, 6) is -0.105. The standard InChI is InChI=1S/C14H19N5O/c1-10-11(9-19(4)17-10)8-16-12-5-6-15-13(7-12)14(20)18(2)3/h5-7,9H,8H2,1-4H3,(H,15,16). The first-order chi connectivity index (χ1) is 9.47. The summed E-state index contributed by atoms with van der Waals surface area (Å²) in [6.45, 7) is 2.64. The molecule has 2 heterocycles. The lowest BCUT2D eigenvalue weighted by Crippen LogP contribution is -2.22. The molecule has 0 spiro atoms. The summed E-state index contributed by atoms with van der Waals surface area (Å²) in [5.41, 5.74) is 3.43. The molecule has 0 atom stereocenters. The average Bonchev–Trinajstić information content (AvgIpc) is 2.74. The zero-order valence-electron chi connectivity index (χ0n) is 12.2. The number of carbonyl (C=O) groups is 1. The maximum absolute atomic E-state index is 11.9. The first kappa shape index (κ1) is 14.0. The van der Waals surface area contributed by atoms with Crippen molar-refractivity contribution >= 4 is 11.6 Å². The van der Waals surface area contributed by atoms with Gasteiger partial charge in [0.2, 0.25) is 0 Å². The first-order valence-electron chi connectivity index (χ1n) is 6.38. The van der Waals surface area contributed by atoms with Crippen molar-refractivity contribution < 1.29 is 4.79 Å². The molecule has 1 amide bonds. The van der Waals surface area contributed by atoms with Crippen molar-refractivity contribution in [2.24, 2.45) is 7.05 Å². The minimum Gasteiger partial charge on any atom is -0.381 e. The third kappa shape index (κ3) is 3.14. The number of nitrogens with one attached hydrogen (secondary N) is 1. The number of pyridine rings is 1. The van der Waals surface area contributed by atoms with Gasteiger partial charge in [0.1, 0.15) is 5.69 Å². The summed E-state index contributed by atoms with van der Waals surface area (Å²) in [5, 5.41) is 7.58. The Kier molecular flexibility index (Phi) is 4.02. The van der Waals surface area contributed by atoms with Crippen LogP contribution in [0.2, 0.25) is 0 Å². The predicted molar refractivity (Wildman–Crippen MR) is 77.5 cm³/mol. The molecular formula is C14H19N5O. The lowest BCUT2D eigenvalue weighted by atomic mass is 10.2. The summed E-state index contributed by atoms with van der Waals surface area (Å²) in [6, 6.07) is 3.60. The number of aryl methyl sites for hydroxylation is 2. The van der Waals surface area contributed by atoms with Crippen LogP contribution in [0.4, 0.5) is 5.69 Å². The van der Waals surface area contributed by atoms with Crippen LogP contribution in [0.1, 0.15) is 21.7 Å². The molecule has 1 N–H and O–H groups in total. The largest absolute Gasteiger partial charge is 0.381 e. The smallest absolute Gasteiger partial charge is 0.272 e. The number of carbonyl (C=O) groups excluding carboxylic acids is 1. The minimum atomic E-state index is -0.105. The lowest BCUT2D eigenvalue weighted by molar-refractivity contribution is 0.0822. The maximum Gasteiger partial charge on any atom is 0.272 e. The van der Waals surface area contributed by atoms with Gasteiger partial charge >= 0.3 is 0 Å². The molecule has 2 aromatic heterocycles. The van der Waals surface area contributed by atoms with Gasteiger partial charge < -0.3 is 10.2 Å². The van der Waals surface area contributed by atoms with E-state index in [0.29, 0.717) is 12.2 Å². The number of hydrogen-bond acceptors (Lipinski definition) is 4. The fraction of sp³-hybridized carbons (Fsp3) is 0.357. The van der Waals surface area contributed by atoms with Gasteiger partial charge in [0.05, 0.1) is 5.69 Å². The molecule has 6 nitrogen and oxygen atoms in total.